The molecule has 1 unspecified atom stereocenters. The fourth-order valence-electron chi connectivity index (χ4n) is 2.65. The van der Waals surface area contributed by atoms with Gasteiger partial charge in [-0.2, -0.15) is 0 Å². The average molecular weight is 394 g/mol. The SMILES string of the molecule is C=C(C)/C(C)=C\C(I)=C(/C)OC1CCc2cccc(C)c21. The molecule has 112 valence electrons. The zero-order valence-electron chi connectivity index (χ0n) is 13.3. The second-order valence-electron chi connectivity index (χ2n) is 5.80. The molecule has 2 rings (SSSR count). The summed E-state index contributed by atoms with van der Waals surface area (Å²) in [7, 11) is 0. The van der Waals surface area contributed by atoms with Gasteiger partial charge in [-0.25, -0.2) is 0 Å². The van der Waals surface area contributed by atoms with Crippen molar-refractivity contribution in [3.8, 4) is 0 Å². The minimum Gasteiger partial charge on any atom is -0.489 e. The first kappa shape index (κ1) is 16.3. The van der Waals surface area contributed by atoms with Gasteiger partial charge in [-0.3, -0.25) is 0 Å². The minimum atomic E-state index is 0.199. The lowest BCUT2D eigenvalue weighted by Crippen LogP contribution is -2.01. The number of benzene rings is 1. The van der Waals surface area contributed by atoms with Gasteiger partial charge in [0.2, 0.25) is 0 Å². The van der Waals surface area contributed by atoms with Crippen LogP contribution in [0.2, 0.25) is 0 Å². The molecule has 0 amide bonds. The van der Waals surface area contributed by atoms with Crippen LogP contribution in [0, 0.1) is 6.92 Å². The van der Waals surface area contributed by atoms with Crippen molar-refractivity contribution in [2.75, 3.05) is 0 Å². The maximum absolute atomic E-state index is 6.26. The van der Waals surface area contributed by atoms with Gasteiger partial charge in [0.15, 0.2) is 0 Å². The van der Waals surface area contributed by atoms with Crippen LogP contribution in [0.15, 0.2) is 51.3 Å². The molecule has 0 fully saturated rings. The molecule has 2 heteroatoms. The lowest BCUT2D eigenvalue weighted by molar-refractivity contribution is 0.119. The summed E-state index contributed by atoms with van der Waals surface area (Å²) >= 11 is 2.35. The summed E-state index contributed by atoms with van der Waals surface area (Å²) in [5.74, 6) is 0.998. The van der Waals surface area contributed by atoms with Crippen LogP contribution in [0.5, 0.6) is 0 Å². The van der Waals surface area contributed by atoms with Crippen molar-refractivity contribution < 1.29 is 4.74 Å². The maximum Gasteiger partial charge on any atom is 0.124 e. The summed E-state index contributed by atoms with van der Waals surface area (Å²) in [6.07, 6.45) is 4.53. The molecule has 0 radical (unpaired) electrons. The average Bonchev–Trinajstić information content (AvgIpc) is 2.83. The fraction of sp³-hybridized carbons (Fsp3) is 0.368. The topological polar surface area (TPSA) is 9.23 Å². The first-order valence-corrected chi connectivity index (χ1v) is 8.43. The number of halogens is 1. The Morgan fingerprint density at radius 1 is 1.33 bits per heavy atom. The lowest BCUT2D eigenvalue weighted by atomic mass is 10.0. The molecule has 0 N–H and O–H groups in total. The third-order valence-corrected chi connectivity index (χ3v) is 5.16. The molecule has 1 aromatic rings. The summed E-state index contributed by atoms with van der Waals surface area (Å²) in [6.45, 7) is 12.3. The maximum atomic E-state index is 6.26. The van der Waals surface area contributed by atoms with Crippen LogP contribution in [-0.4, -0.2) is 0 Å². The molecule has 21 heavy (non-hydrogen) atoms. The molecule has 0 bridgehead atoms. The van der Waals surface area contributed by atoms with Gasteiger partial charge < -0.3 is 4.74 Å². The van der Waals surface area contributed by atoms with Crippen molar-refractivity contribution in [2.45, 2.75) is 46.6 Å². The van der Waals surface area contributed by atoms with E-state index in [4.69, 9.17) is 4.74 Å². The molecule has 0 saturated carbocycles. The van der Waals surface area contributed by atoms with E-state index in [-0.39, 0.29) is 6.10 Å². The molecule has 1 aliphatic rings. The third-order valence-electron chi connectivity index (χ3n) is 4.08. The highest BCUT2D eigenvalue weighted by atomic mass is 127. The van der Waals surface area contributed by atoms with E-state index < -0.39 is 0 Å². The molecule has 0 aliphatic heterocycles. The zero-order valence-corrected chi connectivity index (χ0v) is 15.5. The smallest absolute Gasteiger partial charge is 0.124 e. The number of fused-ring (bicyclic) bond motifs is 1. The van der Waals surface area contributed by atoms with E-state index in [9.17, 15) is 0 Å². The zero-order chi connectivity index (χ0) is 15.6. The van der Waals surface area contributed by atoms with Gasteiger partial charge in [0.25, 0.3) is 0 Å². The fourth-order valence-corrected chi connectivity index (χ4v) is 3.25. The van der Waals surface area contributed by atoms with Crippen molar-refractivity contribution in [1.29, 1.82) is 0 Å². The molecule has 0 aromatic heterocycles. The molecule has 0 heterocycles. The Labute approximate surface area is 141 Å². The Kier molecular flexibility index (Phi) is 5.31. The summed E-state index contributed by atoms with van der Waals surface area (Å²) in [4.78, 5) is 0. The minimum absolute atomic E-state index is 0.199. The summed E-state index contributed by atoms with van der Waals surface area (Å²) < 4.78 is 7.41. The second kappa shape index (κ2) is 6.82. The molecular weight excluding hydrogens is 371 g/mol. The van der Waals surface area contributed by atoms with Crippen LogP contribution in [0.3, 0.4) is 0 Å². The van der Waals surface area contributed by atoms with Gasteiger partial charge in [-0.05, 0) is 91.5 Å². The molecule has 1 aliphatic carbocycles. The Morgan fingerprint density at radius 2 is 2.05 bits per heavy atom. The normalized spacial score (nSPS) is 19.1. The lowest BCUT2D eigenvalue weighted by Gasteiger charge is -2.18. The number of hydrogen-bond acceptors (Lipinski definition) is 1. The van der Waals surface area contributed by atoms with Crippen LogP contribution in [-0.2, 0) is 11.2 Å². The highest BCUT2D eigenvalue weighted by Gasteiger charge is 2.25. The van der Waals surface area contributed by atoms with Gasteiger partial charge in [0.1, 0.15) is 11.9 Å². The Morgan fingerprint density at radius 3 is 2.71 bits per heavy atom. The van der Waals surface area contributed by atoms with Gasteiger partial charge in [0, 0.05) is 0 Å². The molecule has 0 spiro atoms. The number of allylic oxidation sites excluding steroid dienone is 5. The molecular formula is C19H23IO. The van der Waals surface area contributed by atoms with E-state index >= 15 is 0 Å². The molecule has 1 aromatic carbocycles. The predicted molar refractivity (Wildman–Crippen MR) is 98.6 cm³/mol. The molecule has 1 nitrogen and oxygen atoms in total. The first-order valence-electron chi connectivity index (χ1n) is 7.35. The van der Waals surface area contributed by atoms with Crippen molar-refractivity contribution in [3.05, 3.63) is 68.0 Å². The van der Waals surface area contributed by atoms with Crippen molar-refractivity contribution in [3.63, 3.8) is 0 Å². The van der Waals surface area contributed by atoms with E-state index in [1.165, 1.54) is 22.3 Å². The van der Waals surface area contributed by atoms with Gasteiger partial charge in [-0.1, -0.05) is 30.4 Å². The highest BCUT2D eigenvalue weighted by molar-refractivity contribution is 14.1. The van der Waals surface area contributed by atoms with Crippen LogP contribution >= 0.6 is 22.6 Å². The van der Waals surface area contributed by atoms with Crippen LogP contribution in [0.4, 0.5) is 0 Å². The van der Waals surface area contributed by atoms with Crippen LogP contribution in [0.25, 0.3) is 0 Å². The van der Waals surface area contributed by atoms with E-state index in [1.807, 2.05) is 6.92 Å². The summed E-state index contributed by atoms with van der Waals surface area (Å²) in [5, 5.41) is 0. The standard InChI is InChI=1S/C19H23IO/c1-12(2)14(4)11-17(20)15(5)21-18-10-9-16-8-6-7-13(3)19(16)18/h6-8,11,18H,1,9-10H2,2-5H3/b14-11-,17-15-. The second-order valence-corrected chi connectivity index (χ2v) is 6.97. The Balaban J connectivity index is 2.21. The summed E-state index contributed by atoms with van der Waals surface area (Å²) in [5.41, 5.74) is 6.47. The van der Waals surface area contributed by atoms with Crippen LogP contribution in [0.1, 0.15) is 50.0 Å². The monoisotopic (exact) mass is 394 g/mol. The quantitative estimate of drug-likeness (QED) is 0.336. The van der Waals surface area contributed by atoms with E-state index in [0.717, 1.165) is 27.8 Å². The number of ether oxygens (including phenoxy) is 1. The van der Waals surface area contributed by atoms with Gasteiger partial charge in [-0.15, -0.1) is 0 Å². The van der Waals surface area contributed by atoms with Crippen LogP contribution < -0.4 is 0 Å². The van der Waals surface area contributed by atoms with Crippen molar-refractivity contribution in [1.82, 2.24) is 0 Å². The number of aryl methyl sites for hydroxylation is 2. The Bertz CT molecular complexity index is 622. The molecule has 0 saturated heterocycles. The highest BCUT2D eigenvalue weighted by Crippen LogP contribution is 2.38. The summed E-state index contributed by atoms with van der Waals surface area (Å²) in [6, 6.07) is 6.54. The first-order chi connectivity index (χ1) is 9.90. The van der Waals surface area contributed by atoms with Gasteiger partial charge in [0.05, 0.1) is 3.58 Å². The number of hydrogen-bond donors (Lipinski definition) is 0. The van der Waals surface area contributed by atoms with Crippen molar-refractivity contribution >= 4 is 22.6 Å². The van der Waals surface area contributed by atoms with Crippen molar-refractivity contribution in [2.24, 2.45) is 0 Å². The Hall–Kier alpha value is -1.03. The predicted octanol–water partition coefficient (Wildman–Crippen LogP) is 6.19. The van der Waals surface area contributed by atoms with E-state index in [1.54, 1.807) is 0 Å². The van der Waals surface area contributed by atoms with E-state index in [2.05, 4.69) is 74.2 Å². The van der Waals surface area contributed by atoms with E-state index in [0.29, 0.717) is 0 Å². The third kappa shape index (κ3) is 3.79. The van der Waals surface area contributed by atoms with Gasteiger partial charge >= 0.3 is 0 Å². The number of rotatable bonds is 4. The largest absolute Gasteiger partial charge is 0.489 e. The molecule has 1 atom stereocenters.